The molecule has 0 aliphatic carbocycles. The quantitative estimate of drug-likeness (QED) is 0.222. The van der Waals surface area contributed by atoms with Crippen LogP contribution in [0.3, 0.4) is 0 Å². The van der Waals surface area contributed by atoms with E-state index in [1.807, 2.05) is 0 Å². The van der Waals surface area contributed by atoms with Crippen LogP contribution in [-0.2, 0) is 3.63 Å². The van der Waals surface area contributed by atoms with Crippen LogP contribution in [0.25, 0.3) is 0 Å². The first-order valence-electron chi connectivity index (χ1n) is 7.72. The van der Waals surface area contributed by atoms with Crippen molar-refractivity contribution < 1.29 is 3.63 Å². The second kappa shape index (κ2) is 14.6. The average Bonchev–Trinajstić information content (AvgIpc) is 2.61. The van der Waals surface area contributed by atoms with Gasteiger partial charge in [0.1, 0.15) is 0 Å². The first-order chi connectivity index (χ1) is 12.5. The van der Waals surface area contributed by atoms with Crippen LogP contribution in [0.15, 0.2) is 46.2 Å². The first-order valence-corrected chi connectivity index (χ1v) is 11.3. The van der Waals surface area contributed by atoms with Crippen molar-refractivity contribution >= 4 is 83.1 Å². The third kappa shape index (κ3) is 9.18. The topological polar surface area (TPSA) is 21.3 Å². The van der Waals surface area contributed by atoms with Crippen LogP contribution in [0, 0.1) is 0 Å². The summed E-state index contributed by atoms with van der Waals surface area (Å²) in [5, 5.41) is 5.33. The first kappa shape index (κ1) is 24.6. The van der Waals surface area contributed by atoms with Crippen LogP contribution in [0.2, 0.25) is 20.1 Å². The molecule has 0 spiro atoms. The SMILES string of the molecule is CCCNCCS.Clc1cccc(Cl)c1SOSc1c(Cl)cccc1Cl. The molecule has 2 aromatic carbocycles. The Hall–Kier alpha value is 0.570. The standard InChI is InChI=1S/C12H6Cl4OS2.C5H13NS/c13-7-3-1-4-8(14)11(7)18-17-19-12-9(15)5-2-6-10(12)16;1-2-3-6-4-5-7/h1-6H;6-7H,2-5H2,1H3. The minimum Gasteiger partial charge on any atom is -0.316 e. The summed E-state index contributed by atoms with van der Waals surface area (Å²) < 4.78 is 5.42. The van der Waals surface area contributed by atoms with Gasteiger partial charge in [-0.1, -0.05) is 65.5 Å². The van der Waals surface area contributed by atoms with Crippen molar-refractivity contribution in [2.45, 2.75) is 23.1 Å². The van der Waals surface area contributed by atoms with Gasteiger partial charge in [0.25, 0.3) is 0 Å². The van der Waals surface area contributed by atoms with Gasteiger partial charge < -0.3 is 5.32 Å². The molecular formula is C17H19Cl4NOS3. The molecule has 144 valence electrons. The van der Waals surface area contributed by atoms with Crippen molar-refractivity contribution in [2.24, 2.45) is 0 Å². The van der Waals surface area contributed by atoms with E-state index in [9.17, 15) is 0 Å². The van der Waals surface area contributed by atoms with Crippen LogP contribution >= 0.6 is 83.1 Å². The number of nitrogens with one attached hydrogen (secondary N) is 1. The summed E-state index contributed by atoms with van der Waals surface area (Å²) in [6.45, 7) is 4.32. The van der Waals surface area contributed by atoms with E-state index in [-0.39, 0.29) is 0 Å². The molecular weight excluding hydrogens is 472 g/mol. The molecule has 0 fully saturated rings. The Morgan fingerprint density at radius 1 is 0.846 bits per heavy atom. The molecule has 0 amide bonds. The van der Waals surface area contributed by atoms with Gasteiger partial charge >= 0.3 is 0 Å². The molecule has 2 nitrogen and oxygen atoms in total. The van der Waals surface area contributed by atoms with Gasteiger partial charge in [-0.15, -0.1) is 0 Å². The molecule has 0 aliphatic rings. The minimum absolute atomic E-state index is 0.531. The van der Waals surface area contributed by atoms with Gasteiger partial charge in [0.2, 0.25) is 0 Å². The Balaban J connectivity index is 0.000000412. The molecule has 0 saturated heterocycles. The van der Waals surface area contributed by atoms with Crippen LogP contribution in [0.5, 0.6) is 0 Å². The molecule has 0 unspecified atom stereocenters. The zero-order chi connectivity index (χ0) is 19.4. The number of benzene rings is 2. The minimum atomic E-state index is 0.531. The predicted octanol–water partition coefficient (Wildman–Crippen LogP) is 7.95. The fourth-order valence-electron chi connectivity index (χ4n) is 1.59. The molecule has 9 heteroatoms. The Bertz CT molecular complexity index is 580. The van der Waals surface area contributed by atoms with E-state index in [1.54, 1.807) is 36.4 Å². The monoisotopic (exact) mass is 489 g/mol. The summed E-state index contributed by atoms with van der Waals surface area (Å²) in [4.78, 5) is 1.31. The fourth-order valence-corrected chi connectivity index (χ4v) is 4.19. The average molecular weight is 491 g/mol. The van der Waals surface area contributed by atoms with E-state index in [1.165, 1.54) is 6.42 Å². The summed E-state index contributed by atoms with van der Waals surface area (Å²) in [5.74, 6) is 0.944. The maximum Gasteiger partial charge on any atom is 0.0738 e. The smallest absolute Gasteiger partial charge is 0.0738 e. The summed E-state index contributed by atoms with van der Waals surface area (Å²) in [6.07, 6.45) is 1.22. The Morgan fingerprint density at radius 2 is 1.27 bits per heavy atom. The molecule has 0 radical (unpaired) electrons. The molecule has 1 N–H and O–H groups in total. The van der Waals surface area contributed by atoms with Crippen molar-refractivity contribution in [3.05, 3.63) is 56.5 Å². The molecule has 0 aliphatic heterocycles. The van der Waals surface area contributed by atoms with Gasteiger partial charge in [0.05, 0.1) is 29.9 Å². The highest BCUT2D eigenvalue weighted by Crippen LogP contribution is 2.41. The number of rotatable bonds is 8. The highest BCUT2D eigenvalue weighted by atomic mass is 35.5. The van der Waals surface area contributed by atoms with Gasteiger partial charge in [-0.3, -0.25) is 0 Å². The number of hydrogen-bond acceptors (Lipinski definition) is 5. The molecule has 0 aromatic heterocycles. The number of halogens is 4. The van der Waals surface area contributed by atoms with Gasteiger partial charge in [-0.2, -0.15) is 12.6 Å². The molecule has 26 heavy (non-hydrogen) atoms. The normalized spacial score (nSPS) is 10.4. The lowest BCUT2D eigenvalue weighted by atomic mass is 10.4. The van der Waals surface area contributed by atoms with Crippen molar-refractivity contribution in [3.8, 4) is 0 Å². The van der Waals surface area contributed by atoms with Crippen molar-refractivity contribution in [1.29, 1.82) is 0 Å². The fraction of sp³-hybridized carbons (Fsp3) is 0.294. The lowest BCUT2D eigenvalue weighted by Gasteiger charge is -2.07. The van der Waals surface area contributed by atoms with Gasteiger partial charge in [-0.05, 0) is 37.2 Å². The largest absolute Gasteiger partial charge is 0.316 e. The Kier molecular flexibility index (Phi) is 13.8. The number of hydrogen-bond donors (Lipinski definition) is 2. The van der Waals surface area contributed by atoms with Crippen molar-refractivity contribution in [1.82, 2.24) is 5.32 Å². The highest BCUT2D eigenvalue weighted by Gasteiger charge is 2.11. The van der Waals surface area contributed by atoms with Crippen LogP contribution < -0.4 is 5.32 Å². The number of thiol groups is 1. The maximum atomic E-state index is 6.03. The third-order valence-electron chi connectivity index (χ3n) is 2.79. The summed E-state index contributed by atoms with van der Waals surface area (Å²) in [7, 11) is 0. The summed E-state index contributed by atoms with van der Waals surface area (Å²) >= 11 is 30.3. The molecule has 0 bridgehead atoms. The van der Waals surface area contributed by atoms with E-state index in [0.717, 1.165) is 42.9 Å². The van der Waals surface area contributed by atoms with E-state index in [4.69, 9.17) is 50.0 Å². The van der Waals surface area contributed by atoms with Gasteiger partial charge in [0, 0.05) is 36.4 Å². The molecule has 2 aromatic rings. The van der Waals surface area contributed by atoms with Crippen LogP contribution in [0.1, 0.15) is 13.3 Å². The Labute approximate surface area is 189 Å². The van der Waals surface area contributed by atoms with Crippen molar-refractivity contribution in [3.63, 3.8) is 0 Å². The second-order valence-electron chi connectivity index (χ2n) is 4.81. The summed E-state index contributed by atoms with van der Waals surface area (Å²) in [6, 6.07) is 10.5. The van der Waals surface area contributed by atoms with E-state index in [2.05, 4.69) is 24.9 Å². The van der Waals surface area contributed by atoms with E-state index in [0.29, 0.717) is 29.9 Å². The lowest BCUT2D eigenvalue weighted by Crippen LogP contribution is -2.16. The highest BCUT2D eigenvalue weighted by molar-refractivity contribution is 8.08. The predicted molar refractivity (Wildman–Crippen MR) is 123 cm³/mol. The lowest BCUT2D eigenvalue weighted by molar-refractivity contribution is 0.708. The molecule has 0 heterocycles. The Morgan fingerprint density at radius 3 is 1.62 bits per heavy atom. The van der Waals surface area contributed by atoms with Gasteiger partial charge in [0.15, 0.2) is 0 Å². The second-order valence-corrected chi connectivity index (χ2v) is 8.58. The molecule has 0 atom stereocenters. The van der Waals surface area contributed by atoms with Crippen molar-refractivity contribution in [2.75, 3.05) is 18.8 Å². The zero-order valence-corrected chi connectivity index (χ0v) is 19.5. The maximum absolute atomic E-state index is 6.03. The molecule has 0 saturated carbocycles. The van der Waals surface area contributed by atoms with Crippen LogP contribution in [0.4, 0.5) is 0 Å². The third-order valence-corrected chi connectivity index (χ3v) is 6.48. The van der Waals surface area contributed by atoms with Gasteiger partial charge in [-0.25, -0.2) is 3.63 Å². The van der Waals surface area contributed by atoms with E-state index < -0.39 is 0 Å². The van der Waals surface area contributed by atoms with Crippen LogP contribution in [-0.4, -0.2) is 18.8 Å². The van der Waals surface area contributed by atoms with E-state index >= 15 is 0 Å². The zero-order valence-electron chi connectivity index (χ0n) is 14.0. The summed E-state index contributed by atoms with van der Waals surface area (Å²) in [5.41, 5.74) is 0. The molecule has 2 rings (SSSR count).